The molecule has 0 unspecified atom stereocenters. The number of nitro benzene ring substituents is 1. The van der Waals surface area contributed by atoms with Gasteiger partial charge in [-0.1, -0.05) is 23.7 Å². The molecule has 0 aromatic heterocycles. The first kappa shape index (κ1) is 16.7. The van der Waals surface area contributed by atoms with E-state index in [1.165, 1.54) is 18.2 Å². The maximum Gasteiger partial charge on any atom is 0.363 e. The zero-order chi connectivity index (χ0) is 18.0. The standard InChI is InChI=1S/C17H11ClN2O5/c1-24-12-5-2-10(3-6-12)8-14-17(21)25-16(19-14)11-4-7-13(18)15(9-11)20(22)23/h2-9H,1H3. The zero-order valence-corrected chi connectivity index (χ0v) is 13.7. The fraction of sp³-hybridized carbons (Fsp3) is 0.0588. The zero-order valence-electron chi connectivity index (χ0n) is 12.9. The minimum absolute atomic E-state index is 0.00679. The number of hydrogen-bond acceptors (Lipinski definition) is 6. The molecule has 0 bridgehead atoms. The molecule has 0 saturated heterocycles. The molecule has 126 valence electrons. The number of rotatable bonds is 4. The Morgan fingerprint density at radius 3 is 2.60 bits per heavy atom. The van der Waals surface area contributed by atoms with Crippen LogP contribution in [0.15, 0.2) is 53.2 Å². The summed E-state index contributed by atoms with van der Waals surface area (Å²) in [5.74, 6) is 0.0433. The van der Waals surface area contributed by atoms with Crippen molar-refractivity contribution in [3.8, 4) is 5.75 Å². The molecule has 0 spiro atoms. The molecule has 2 aromatic rings. The quantitative estimate of drug-likeness (QED) is 0.360. The maximum absolute atomic E-state index is 12.0. The van der Waals surface area contributed by atoms with Crippen molar-refractivity contribution in [1.29, 1.82) is 0 Å². The molecule has 3 rings (SSSR count). The number of esters is 1. The van der Waals surface area contributed by atoms with Gasteiger partial charge in [0.1, 0.15) is 10.8 Å². The Hall–Kier alpha value is -3.19. The van der Waals surface area contributed by atoms with Gasteiger partial charge in [0.2, 0.25) is 5.90 Å². The summed E-state index contributed by atoms with van der Waals surface area (Å²) in [6, 6.07) is 11.1. The normalized spacial score (nSPS) is 15.0. The Bertz CT molecular complexity index is 919. The summed E-state index contributed by atoms with van der Waals surface area (Å²) in [6.07, 6.45) is 1.55. The number of ether oxygens (including phenoxy) is 2. The predicted octanol–water partition coefficient (Wildman–Crippen LogP) is 3.60. The monoisotopic (exact) mass is 358 g/mol. The molecule has 0 atom stereocenters. The van der Waals surface area contributed by atoms with E-state index in [0.29, 0.717) is 11.3 Å². The smallest absolute Gasteiger partial charge is 0.363 e. The van der Waals surface area contributed by atoms with E-state index in [1.54, 1.807) is 37.5 Å². The van der Waals surface area contributed by atoms with Crippen molar-refractivity contribution in [2.45, 2.75) is 0 Å². The van der Waals surface area contributed by atoms with Gasteiger partial charge in [0.05, 0.1) is 12.0 Å². The van der Waals surface area contributed by atoms with Crippen LogP contribution in [0.25, 0.3) is 6.08 Å². The fourth-order valence-corrected chi connectivity index (χ4v) is 2.36. The molecule has 0 saturated carbocycles. The predicted molar refractivity (Wildman–Crippen MR) is 91.7 cm³/mol. The van der Waals surface area contributed by atoms with Crippen molar-refractivity contribution >= 4 is 35.2 Å². The molecule has 0 aliphatic carbocycles. The van der Waals surface area contributed by atoms with Crippen LogP contribution >= 0.6 is 11.6 Å². The minimum Gasteiger partial charge on any atom is -0.497 e. The Morgan fingerprint density at radius 2 is 1.96 bits per heavy atom. The van der Waals surface area contributed by atoms with E-state index in [1.807, 2.05) is 0 Å². The first-order chi connectivity index (χ1) is 12.0. The van der Waals surface area contributed by atoms with Gasteiger partial charge >= 0.3 is 5.97 Å². The molecular weight excluding hydrogens is 348 g/mol. The van der Waals surface area contributed by atoms with E-state index in [2.05, 4.69) is 4.99 Å². The first-order valence-corrected chi connectivity index (χ1v) is 7.46. The molecule has 2 aromatic carbocycles. The van der Waals surface area contributed by atoms with E-state index in [4.69, 9.17) is 21.1 Å². The summed E-state index contributed by atoms with van der Waals surface area (Å²) in [7, 11) is 1.56. The highest BCUT2D eigenvalue weighted by Gasteiger charge is 2.26. The van der Waals surface area contributed by atoms with Gasteiger partial charge < -0.3 is 9.47 Å². The Labute approximate surface area is 147 Å². The number of hydrogen-bond donors (Lipinski definition) is 0. The van der Waals surface area contributed by atoms with Gasteiger partial charge in [-0.3, -0.25) is 10.1 Å². The molecule has 0 radical (unpaired) electrons. The minimum atomic E-state index is -0.636. The maximum atomic E-state index is 12.0. The van der Waals surface area contributed by atoms with Crippen molar-refractivity contribution in [2.75, 3.05) is 7.11 Å². The third-order valence-electron chi connectivity index (χ3n) is 3.43. The third-order valence-corrected chi connectivity index (χ3v) is 3.75. The Balaban J connectivity index is 1.93. The van der Waals surface area contributed by atoms with Gasteiger partial charge in [0.15, 0.2) is 5.70 Å². The van der Waals surface area contributed by atoms with Crippen LogP contribution in [0.3, 0.4) is 0 Å². The van der Waals surface area contributed by atoms with Crippen LogP contribution in [-0.4, -0.2) is 23.9 Å². The summed E-state index contributed by atoms with van der Waals surface area (Å²) in [6.45, 7) is 0. The highest BCUT2D eigenvalue weighted by molar-refractivity contribution is 6.32. The van der Waals surface area contributed by atoms with Crippen LogP contribution in [0, 0.1) is 10.1 Å². The van der Waals surface area contributed by atoms with E-state index < -0.39 is 10.9 Å². The number of halogens is 1. The summed E-state index contributed by atoms with van der Waals surface area (Å²) >= 11 is 5.78. The lowest BCUT2D eigenvalue weighted by Crippen LogP contribution is -2.06. The lowest BCUT2D eigenvalue weighted by Gasteiger charge is -2.00. The van der Waals surface area contributed by atoms with Gasteiger partial charge in [0.25, 0.3) is 5.69 Å². The van der Waals surface area contributed by atoms with Crippen molar-refractivity contribution in [3.05, 3.63) is 74.4 Å². The number of aliphatic imine (C=N–C) groups is 1. The number of nitro groups is 1. The topological polar surface area (TPSA) is 91.0 Å². The van der Waals surface area contributed by atoms with E-state index in [0.717, 1.165) is 5.56 Å². The highest BCUT2D eigenvalue weighted by Crippen LogP contribution is 2.27. The fourth-order valence-electron chi connectivity index (χ4n) is 2.18. The Morgan fingerprint density at radius 1 is 1.24 bits per heavy atom. The molecule has 25 heavy (non-hydrogen) atoms. The van der Waals surface area contributed by atoms with Crippen molar-refractivity contribution < 1.29 is 19.2 Å². The molecule has 0 fully saturated rings. The molecule has 1 aliphatic heterocycles. The van der Waals surface area contributed by atoms with Gasteiger partial charge in [-0.2, -0.15) is 0 Å². The van der Waals surface area contributed by atoms with Gasteiger partial charge in [-0.05, 0) is 35.9 Å². The van der Waals surface area contributed by atoms with E-state index >= 15 is 0 Å². The number of carbonyl (C=O) groups is 1. The molecule has 0 N–H and O–H groups in total. The van der Waals surface area contributed by atoms with Crippen LogP contribution in [-0.2, 0) is 9.53 Å². The average molecular weight is 359 g/mol. The summed E-state index contributed by atoms with van der Waals surface area (Å²) in [4.78, 5) is 26.4. The number of nitrogens with zero attached hydrogens (tertiary/aromatic N) is 2. The van der Waals surface area contributed by atoms with Crippen LogP contribution < -0.4 is 4.74 Å². The molecule has 1 heterocycles. The third kappa shape index (κ3) is 3.51. The summed E-state index contributed by atoms with van der Waals surface area (Å²) in [5, 5.41) is 11.0. The molecule has 8 heteroatoms. The molecule has 1 aliphatic rings. The molecule has 7 nitrogen and oxygen atoms in total. The Kier molecular flexibility index (Phi) is 4.49. The van der Waals surface area contributed by atoms with Gasteiger partial charge in [-0.15, -0.1) is 0 Å². The lowest BCUT2D eigenvalue weighted by molar-refractivity contribution is -0.384. The van der Waals surface area contributed by atoms with Crippen LogP contribution in [0.2, 0.25) is 5.02 Å². The van der Waals surface area contributed by atoms with Gasteiger partial charge in [0, 0.05) is 11.6 Å². The van der Waals surface area contributed by atoms with Crippen LogP contribution in [0.5, 0.6) is 5.75 Å². The second-order valence-electron chi connectivity index (χ2n) is 5.03. The largest absolute Gasteiger partial charge is 0.497 e. The lowest BCUT2D eigenvalue weighted by atomic mass is 10.2. The summed E-state index contributed by atoms with van der Waals surface area (Å²) < 4.78 is 10.2. The number of benzene rings is 2. The van der Waals surface area contributed by atoms with Crippen LogP contribution in [0.1, 0.15) is 11.1 Å². The second kappa shape index (κ2) is 6.74. The van der Waals surface area contributed by atoms with Crippen molar-refractivity contribution in [1.82, 2.24) is 0 Å². The van der Waals surface area contributed by atoms with E-state index in [9.17, 15) is 14.9 Å². The first-order valence-electron chi connectivity index (χ1n) is 7.09. The van der Waals surface area contributed by atoms with E-state index in [-0.39, 0.29) is 22.3 Å². The average Bonchev–Trinajstić information content (AvgIpc) is 2.96. The second-order valence-corrected chi connectivity index (χ2v) is 5.44. The SMILES string of the molecule is COc1ccc(C=C2N=C(c3ccc(Cl)c([N+](=O)[O-])c3)OC2=O)cc1. The molecule has 0 amide bonds. The number of carbonyl (C=O) groups excluding carboxylic acids is 1. The van der Waals surface area contributed by atoms with Crippen molar-refractivity contribution in [3.63, 3.8) is 0 Å². The van der Waals surface area contributed by atoms with Crippen LogP contribution in [0.4, 0.5) is 5.69 Å². The summed E-state index contributed by atoms with van der Waals surface area (Å²) in [5.41, 5.74) is 0.839. The number of cyclic esters (lactones) is 1. The van der Waals surface area contributed by atoms with Crippen molar-refractivity contribution in [2.24, 2.45) is 4.99 Å². The van der Waals surface area contributed by atoms with Gasteiger partial charge in [-0.25, -0.2) is 9.79 Å². The number of methoxy groups -OCH3 is 1. The molecular formula is C17H11ClN2O5. The highest BCUT2D eigenvalue weighted by atomic mass is 35.5.